The lowest BCUT2D eigenvalue weighted by Gasteiger charge is -2.21. The Balaban J connectivity index is 2.52. The highest BCUT2D eigenvalue weighted by molar-refractivity contribution is 5.93. The van der Waals surface area contributed by atoms with Gasteiger partial charge in [-0.3, -0.25) is 0 Å². The van der Waals surface area contributed by atoms with Gasteiger partial charge in [-0.15, -0.1) is 0 Å². The number of carbonyl (C=O) groups excluding carboxylic acids is 1. The zero-order valence-corrected chi connectivity index (χ0v) is 13.4. The van der Waals surface area contributed by atoms with Gasteiger partial charge in [0.05, 0.1) is 17.5 Å². The zero-order chi connectivity index (χ0) is 15.8. The highest BCUT2D eigenvalue weighted by atomic mass is 16.3. The summed E-state index contributed by atoms with van der Waals surface area (Å²) in [6, 6.07) is 7.45. The van der Waals surface area contributed by atoms with Gasteiger partial charge >= 0.3 is 6.03 Å². The minimum Gasteiger partial charge on any atom is -0.393 e. The van der Waals surface area contributed by atoms with Gasteiger partial charge in [-0.25, -0.2) is 4.79 Å². The van der Waals surface area contributed by atoms with Crippen molar-refractivity contribution in [3.8, 4) is 0 Å². The van der Waals surface area contributed by atoms with E-state index >= 15 is 0 Å². The van der Waals surface area contributed by atoms with Crippen LogP contribution in [0.2, 0.25) is 0 Å². The lowest BCUT2D eigenvalue weighted by atomic mass is 10.0. The second kappa shape index (κ2) is 8.52. The Hall–Kier alpha value is -1.75. The third-order valence-corrected chi connectivity index (χ3v) is 3.53. The quantitative estimate of drug-likeness (QED) is 0.724. The number of amides is 2. The Morgan fingerprint density at radius 3 is 2.62 bits per heavy atom. The topological polar surface area (TPSA) is 64.6 Å². The fraction of sp³-hybridized carbons (Fsp3) is 0.562. The van der Waals surface area contributed by atoms with E-state index in [1.54, 1.807) is 0 Å². The normalized spacial score (nSPS) is 12.1. The lowest BCUT2D eigenvalue weighted by molar-refractivity contribution is 0.117. The molecule has 1 atom stereocenters. The molecule has 0 spiro atoms. The van der Waals surface area contributed by atoms with Crippen LogP contribution < -0.4 is 15.5 Å². The molecule has 5 nitrogen and oxygen atoms in total. The van der Waals surface area contributed by atoms with Crippen LogP contribution in [-0.4, -0.2) is 37.4 Å². The Kier molecular flexibility index (Phi) is 7.02. The molecule has 2 amide bonds. The molecule has 1 aromatic rings. The smallest absolute Gasteiger partial charge is 0.319 e. The summed E-state index contributed by atoms with van der Waals surface area (Å²) in [5.41, 5.74) is 1.76. The number of aliphatic hydroxyl groups excluding tert-OH is 1. The number of rotatable bonds is 7. The van der Waals surface area contributed by atoms with Gasteiger partial charge in [-0.2, -0.15) is 0 Å². The van der Waals surface area contributed by atoms with E-state index in [1.807, 2.05) is 45.2 Å². The molecule has 1 unspecified atom stereocenters. The molecule has 21 heavy (non-hydrogen) atoms. The SMILES string of the molecule is CCN(C)c1ccccc1NC(=O)NCCC(O)C(C)C. The van der Waals surface area contributed by atoms with Crippen molar-refractivity contribution in [1.82, 2.24) is 5.32 Å². The van der Waals surface area contributed by atoms with Crippen molar-refractivity contribution in [3.63, 3.8) is 0 Å². The first-order valence-electron chi connectivity index (χ1n) is 7.48. The number of para-hydroxylation sites is 2. The molecular formula is C16H27N3O2. The first-order valence-corrected chi connectivity index (χ1v) is 7.48. The van der Waals surface area contributed by atoms with E-state index in [4.69, 9.17) is 0 Å². The van der Waals surface area contributed by atoms with Crippen LogP contribution in [0.3, 0.4) is 0 Å². The van der Waals surface area contributed by atoms with Gasteiger partial charge in [0.25, 0.3) is 0 Å². The van der Waals surface area contributed by atoms with Crippen LogP contribution in [-0.2, 0) is 0 Å². The van der Waals surface area contributed by atoms with E-state index in [2.05, 4.69) is 22.5 Å². The van der Waals surface area contributed by atoms with Gasteiger partial charge in [-0.05, 0) is 31.4 Å². The van der Waals surface area contributed by atoms with Crippen molar-refractivity contribution >= 4 is 17.4 Å². The molecule has 0 aliphatic carbocycles. The molecule has 0 radical (unpaired) electrons. The van der Waals surface area contributed by atoms with Crippen molar-refractivity contribution in [2.45, 2.75) is 33.3 Å². The average Bonchev–Trinajstić information content (AvgIpc) is 2.46. The number of nitrogens with one attached hydrogen (secondary N) is 2. The van der Waals surface area contributed by atoms with Crippen LogP contribution >= 0.6 is 0 Å². The maximum Gasteiger partial charge on any atom is 0.319 e. The molecule has 0 aromatic heterocycles. The second-order valence-corrected chi connectivity index (χ2v) is 5.51. The summed E-state index contributed by atoms with van der Waals surface area (Å²) < 4.78 is 0. The van der Waals surface area contributed by atoms with Crippen molar-refractivity contribution in [2.24, 2.45) is 5.92 Å². The second-order valence-electron chi connectivity index (χ2n) is 5.51. The van der Waals surface area contributed by atoms with Crippen molar-refractivity contribution in [3.05, 3.63) is 24.3 Å². The summed E-state index contributed by atoms with van der Waals surface area (Å²) in [5.74, 6) is 0.203. The number of urea groups is 1. The summed E-state index contributed by atoms with van der Waals surface area (Å²) in [5, 5.41) is 15.3. The molecule has 1 rings (SSSR count). The molecule has 3 N–H and O–H groups in total. The number of hydrogen-bond acceptors (Lipinski definition) is 3. The summed E-state index contributed by atoms with van der Waals surface area (Å²) in [4.78, 5) is 14.0. The van der Waals surface area contributed by atoms with E-state index in [1.165, 1.54) is 0 Å². The number of hydrogen-bond donors (Lipinski definition) is 3. The first-order chi connectivity index (χ1) is 9.95. The highest BCUT2D eigenvalue weighted by Gasteiger charge is 2.11. The molecule has 0 heterocycles. The predicted octanol–water partition coefficient (Wildman–Crippen LogP) is 2.67. The van der Waals surface area contributed by atoms with Gasteiger partial charge in [0.15, 0.2) is 0 Å². The Morgan fingerprint density at radius 1 is 1.33 bits per heavy atom. The van der Waals surface area contributed by atoms with Crippen LogP contribution in [0, 0.1) is 5.92 Å². The van der Waals surface area contributed by atoms with Crippen molar-refractivity contribution in [2.75, 3.05) is 30.4 Å². The fourth-order valence-electron chi connectivity index (χ4n) is 1.92. The van der Waals surface area contributed by atoms with Gasteiger partial charge in [0.2, 0.25) is 0 Å². The van der Waals surface area contributed by atoms with Crippen molar-refractivity contribution in [1.29, 1.82) is 0 Å². The van der Waals surface area contributed by atoms with Crippen LogP contribution in [0.15, 0.2) is 24.3 Å². The molecular weight excluding hydrogens is 266 g/mol. The fourth-order valence-corrected chi connectivity index (χ4v) is 1.92. The number of carbonyl (C=O) groups is 1. The number of aliphatic hydroxyl groups is 1. The van der Waals surface area contributed by atoms with Crippen LogP contribution in [0.1, 0.15) is 27.2 Å². The Morgan fingerprint density at radius 2 is 2.00 bits per heavy atom. The highest BCUT2D eigenvalue weighted by Crippen LogP contribution is 2.24. The molecule has 5 heteroatoms. The first kappa shape index (κ1) is 17.3. The molecule has 118 valence electrons. The summed E-state index contributed by atoms with van der Waals surface area (Å²) in [7, 11) is 1.98. The number of anilines is 2. The molecule has 0 saturated carbocycles. The molecule has 0 fully saturated rings. The third kappa shape index (κ3) is 5.63. The van der Waals surface area contributed by atoms with E-state index in [-0.39, 0.29) is 18.1 Å². The monoisotopic (exact) mass is 293 g/mol. The van der Waals surface area contributed by atoms with Crippen molar-refractivity contribution < 1.29 is 9.90 Å². The Labute approximate surface area is 127 Å². The third-order valence-electron chi connectivity index (χ3n) is 3.53. The van der Waals surface area contributed by atoms with E-state index in [0.717, 1.165) is 17.9 Å². The lowest BCUT2D eigenvalue weighted by Crippen LogP contribution is -2.32. The molecule has 0 bridgehead atoms. The average molecular weight is 293 g/mol. The van der Waals surface area contributed by atoms with E-state index < -0.39 is 0 Å². The van der Waals surface area contributed by atoms with Gasteiger partial charge in [0, 0.05) is 20.1 Å². The van der Waals surface area contributed by atoms with E-state index in [9.17, 15) is 9.90 Å². The molecule has 0 aliphatic heterocycles. The van der Waals surface area contributed by atoms with E-state index in [0.29, 0.717) is 13.0 Å². The van der Waals surface area contributed by atoms with Crippen LogP contribution in [0.4, 0.5) is 16.2 Å². The maximum atomic E-state index is 11.9. The summed E-state index contributed by atoms with van der Waals surface area (Å²) >= 11 is 0. The van der Waals surface area contributed by atoms with Gasteiger partial charge < -0.3 is 20.6 Å². The molecule has 0 aliphatic rings. The minimum absolute atomic E-state index is 0.203. The maximum absolute atomic E-state index is 11.9. The van der Waals surface area contributed by atoms with Crippen LogP contribution in [0.5, 0.6) is 0 Å². The summed E-state index contributed by atoms with van der Waals surface area (Å²) in [6.07, 6.45) is 0.172. The minimum atomic E-state index is -0.385. The zero-order valence-electron chi connectivity index (χ0n) is 13.4. The largest absolute Gasteiger partial charge is 0.393 e. The van der Waals surface area contributed by atoms with Crippen LogP contribution in [0.25, 0.3) is 0 Å². The predicted molar refractivity (Wildman–Crippen MR) is 87.9 cm³/mol. The number of benzene rings is 1. The standard InChI is InChI=1S/C16H27N3O2/c1-5-19(4)14-9-7-6-8-13(14)18-16(21)17-11-10-15(20)12(2)3/h6-9,12,15,20H,5,10-11H2,1-4H3,(H2,17,18,21). The Bertz CT molecular complexity index is 449. The van der Waals surface area contributed by atoms with Gasteiger partial charge in [0.1, 0.15) is 0 Å². The molecule has 0 saturated heterocycles. The van der Waals surface area contributed by atoms with Gasteiger partial charge in [-0.1, -0.05) is 26.0 Å². The summed E-state index contributed by atoms with van der Waals surface area (Å²) in [6.45, 7) is 7.30. The molecule has 1 aromatic carbocycles. The number of nitrogens with zero attached hydrogens (tertiary/aromatic N) is 1.